The minimum absolute atomic E-state index is 0.191. The van der Waals surface area contributed by atoms with E-state index < -0.39 is 11.9 Å². The number of carbonyl (C=O) groups is 2. The molecule has 44 heavy (non-hydrogen) atoms. The van der Waals surface area contributed by atoms with Gasteiger partial charge in [0.25, 0.3) is 0 Å². The number of fused-ring (bicyclic) bond motifs is 2. The van der Waals surface area contributed by atoms with Crippen molar-refractivity contribution >= 4 is 11.9 Å². The van der Waals surface area contributed by atoms with Crippen molar-refractivity contribution in [2.24, 2.45) is 0 Å². The number of rotatable bonds is 10. The van der Waals surface area contributed by atoms with Gasteiger partial charge >= 0.3 is 11.9 Å². The van der Waals surface area contributed by atoms with Gasteiger partial charge in [-0.3, -0.25) is 4.90 Å². The number of carbonyl (C=O) groups excluding carboxylic acids is 2. The summed E-state index contributed by atoms with van der Waals surface area (Å²) < 4.78 is 23.5. The molecule has 0 aromatic heterocycles. The standard InChI is InChI=1S/C37H37NO6/c1-4-21-41-28-14-9-25(10-15-28)36(39)43-32-18-13-27-23-31-33-24(19-20-38(31)3)7-6-8-30(33)34(27)35(32)44-37(40)26-11-16-29(17-12-26)42-22-5-2/h6-18,31H,4-5,19-23H2,1-3H3/t31-/m1/s1. The van der Waals surface area contributed by atoms with Gasteiger partial charge in [0.15, 0.2) is 11.5 Å². The molecule has 0 bridgehead atoms. The summed E-state index contributed by atoms with van der Waals surface area (Å²) in [6.45, 7) is 6.25. The zero-order valence-corrected chi connectivity index (χ0v) is 25.4. The first-order chi connectivity index (χ1) is 21.5. The molecule has 0 unspecified atom stereocenters. The molecule has 0 radical (unpaired) electrons. The molecule has 7 heteroatoms. The maximum absolute atomic E-state index is 13.6. The Kier molecular flexibility index (Phi) is 8.66. The highest BCUT2D eigenvalue weighted by molar-refractivity contribution is 5.96. The average Bonchev–Trinajstić information content (AvgIpc) is 3.05. The molecule has 0 fully saturated rings. The molecular formula is C37H37NO6. The molecule has 0 saturated carbocycles. The molecule has 7 nitrogen and oxygen atoms in total. The third-order valence-electron chi connectivity index (χ3n) is 8.21. The largest absolute Gasteiger partial charge is 0.494 e. The van der Waals surface area contributed by atoms with Gasteiger partial charge < -0.3 is 18.9 Å². The van der Waals surface area contributed by atoms with Crippen LogP contribution < -0.4 is 18.9 Å². The Labute approximate surface area is 258 Å². The first kappa shape index (κ1) is 29.5. The molecular weight excluding hydrogens is 554 g/mol. The van der Waals surface area contributed by atoms with Crippen molar-refractivity contribution in [3.8, 4) is 34.1 Å². The van der Waals surface area contributed by atoms with E-state index in [4.69, 9.17) is 18.9 Å². The van der Waals surface area contributed by atoms with Crippen LogP contribution in [-0.2, 0) is 12.8 Å². The van der Waals surface area contributed by atoms with Crippen LogP contribution in [0.4, 0.5) is 0 Å². The third-order valence-corrected chi connectivity index (χ3v) is 8.21. The maximum Gasteiger partial charge on any atom is 0.343 e. The van der Waals surface area contributed by atoms with E-state index in [1.54, 1.807) is 54.6 Å². The van der Waals surface area contributed by atoms with Crippen LogP contribution in [0.2, 0.25) is 0 Å². The van der Waals surface area contributed by atoms with Crippen molar-refractivity contribution in [2.75, 3.05) is 26.8 Å². The van der Waals surface area contributed by atoms with Gasteiger partial charge in [-0.05, 0) is 110 Å². The van der Waals surface area contributed by atoms with Crippen LogP contribution in [0.15, 0.2) is 78.9 Å². The Bertz CT molecular complexity index is 1660. The van der Waals surface area contributed by atoms with Gasteiger partial charge in [0, 0.05) is 18.2 Å². The van der Waals surface area contributed by atoms with E-state index >= 15 is 0 Å². The normalized spacial score (nSPS) is 15.1. The van der Waals surface area contributed by atoms with Crippen LogP contribution in [-0.4, -0.2) is 43.6 Å². The van der Waals surface area contributed by atoms with Gasteiger partial charge in [0.1, 0.15) is 11.5 Å². The fourth-order valence-corrected chi connectivity index (χ4v) is 5.96. The topological polar surface area (TPSA) is 74.3 Å². The van der Waals surface area contributed by atoms with Crippen LogP contribution in [0.1, 0.15) is 70.1 Å². The summed E-state index contributed by atoms with van der Waals surface area (Å²) in [5.74, 6) is 0.717. The fraction of sp³-hybridized carbons (Fsp3) is 0.297. The molecule has 0 amide bonds. The van der Waals surface area contributed by atoms with Gasteiger partial charge in [0.05, 0.1) is 24.3 Å². The summed E-state index contributed by atoms with van der Waals surface area (Å²) in [6, 6.07) is 24.0. The van der Waals surface area contributed by atoms with E-state index in [0.717, 1.165) is 48.9 Å². The Morgan fingerprint density at radius 2 is 1.36 bits per heavy atom. The van der Waals surface area contributed by atoms with Crippen molar-refractivity contribution < 1.29 is 28.5 Å². The molecule has 6 rings (SSSR count). The number of hydrogen-bond acceptors (Lipinski definition) is 7. The lowest BCUT2D eigenvalue weighted by Gasteiger charge is -2.40. The molecule has 0 spiro atoms. The Hall–Kier alpha value is -4.62. The molecule has 1 heterocycles. The van der Waals surface area contributed by atoms with E-state index in [0.29, 0.717) is 35.8 Å². The highest BCUT2D eigenvalue weighted by Gasteiger charge is 2.35. The summed E-state index contributed by atoms with van der Waals surface area (Å²) in [4.78, 5) is 29.3. The van der Waals surface area contributed by atoms with Crippen LogP contribution >= 0.6 is 0 Å². The fourth-order valence-electron chi connectivity index (χ4n) is 5.96. The number of benzene rings is 4. The van der Waals surface area contributed by atoms with E-state index in [9.17, 15) is 9.59 Å². The van der Waals surface area contributed by atoms with Crippen molar-refractivity contribution in [3.63, 3.8) is 0 Å². The summed E-state index contributed by atoms with van der Waals surface area (Å²) in [5.41, 5.74) is 6.11. The summed E-state index contributed by atoms with van der Waals surface area (Å²) in [7, 11) is 2.15. The quantitative estimate of drug-likeness (QED) is 0.140. The molecule has 1 atom stereocenters. The van der Waals surface area contributed by atoms with Gasteiger partial charge in [-0.15, -0.1) is 0 Å². The van der Waals surface area contributed by atoms with Crippen molar-refractivity contribution in [2.45, 2.75) is 45.6 Å². The van der Waals surface area contributed by atoms with Crippen LogP contribution in [0, 0.1) is 0 Å². The van der Waals surface area contributed by atoms with Crippen molar-refractivity contribution in [1.29, 1.82) is 0 Å². The average molecular weight is 592 g/mol. The monoisotopic (exact) mass is 591 g/mol. The summed E-state index contributed by atoms with van der Waals surface area (Å²) in [5, 5.41) is 0. The predicted molar refractivity (Wildman–Crippen MR) is 169 cm³/mol. The van der Waals surface area contributed by atoms with Gasteiger partial charge in [0.2, 0.25) is 0 Å². The second-order valence-electron chi connectivity index (χ2n) is 11.3. The van der Waals surface area contributed by atoms with E-state index in [1.165, 1.54) is 11.1 Å². The third kappa shape index (κ3) is 5.92. The molecule has 0 saturated heterocycles. The zero-order chi connectivity index (χ0) is 30.6. The lowest BCUT2D eigenvalue weighted by atomic mass is 9.77. The summed E-state index contributed by atoms with van der Waals surface area (Å²) in [6.07, 6.45) is 3.49. The molecule has 226 valence electrons. The first-order valence-corrected chi connectivity index (χ1v) is 15.3. The molecule has 1 aliphatic heterocycles. The Morgan fingerprint density at radius 1 is 0.750 bits per heavy atom. The van der Waals surface area contributed by atoms with Gasteiger partial charge in [-0.2, -0.15) is 0 Å². The first-order valence-electron chi connectivity index (χ1n) is 15.3. The number of esters is 2. The highest BCUT2D eigenvalue weighted by Crippen LogP contribution is 2.51. The van der Waals surface area contributed by atoms with Crippen LogP contribution in [0.5, 0.6) is 23.0 Å². The van der Waals surface area contributed by atoms with E-state index in [1.807, 2.05) is 26.0 Å². The van der Waals surface area contributed by atoms with Crippen molar-refractivity contribution in [3.05, 3.63) is 107 Å². The maximum atomic E-state index is 13.6. The van der Waals surface area contributed by atoms with E-state index in [-0.39, 0.29) is 17.5 Å². The molecule has 2 aliphatic rings. The number of hydrogen-bond donors (Lipinski definition) is 0. The SMILES string of the molecule is CCCOc1ccc(C(=O)Oc2ccc3c(c2OC(=O)c2ccc(OCCC)cc2)-c2cccc4c2[C@@H](C3)N(C)CC4)cc1. The molecule has 4 aromatic rings. The summed E-state index contributed by atoms with van der Waals surface area (Å²) >= 11 is 0. The second kappa shape index (κ2) is 12.9. The predicted octanol–water partition coefficient (Wildman–Crippen LogP) is 7.45. The number of nitrogens with zero attached hydrogens (tertiary/aromatic N) is 1. The van der Waals surface area contributed by atoms with Gasteiger partial charge in [-0.1, -0.05) is 38.1 Å². The minimum Gasteiger partial charge on any atom is -0.494 e. The Morgan fingerprint density at radius 3 is 1.98 bits per heavy atom. The molecule has 4 aromatic carbocycles. The second-order valence-corrected chi connectivity index (χ2v) is 11.3. The smallest absolute Gasteiger partial charge is 0.343 e. The van der Waals surface area contributed by atoms with Crippen LogP contribution in [0.3, 0.4) is 0 Å². The number of likely N-dealkylation sites (N-methyl/N-ethyl adjacent to an activating group) is 1. The minimum atomic E-state index is -0.551. The molecule has 1 aliphatic carbocycles. The van der Waals surface area contributed by atoms with Crippen LogP contribution in [0.25, 0.3) is 11.1 Å². The van der Waals surface area contributed by atoms with Crippen molar-refractivity contribution in [1.82, 2.24) is 4.90 Å². The zero-order valence-electron chi connectivity index (χ0n) is 25.4. The highest BCUT2D eigenvalue weighted by atomic mass is 16.6. The van der Waals surface area contributed by atoms with E-state index in [2.05, 4.69) is 24.1 Å². The lowest BCUT2D eigenvalue weighted by Crippen LogP contribution is -2.35. The number of ether oxygens (including phenoxy) is 4. The van der Waals surface area contributed by atoms with Gasteiger partial charge in [-0.25, -0.2) is 9.59 Å². The molecule has 0 N–H and O–H groups in total. The Balaban J connectivity index is 1.38. The lowest BCUT2D eigenvalue weighted by molar-refractivity contribution is 0.0683.